The van der Waals surface area contributed by atoms with Crippen LogP contribution < -0.4 is 15.4 Å². The third-order valence-electron chi connectivity index (χ3n) is 4.11. The molecule has 0 aliphatic heterocycles. The quantitative estimate of drug-likeness (QED) is 0.588. The largest absolute Gasteiger partial charge is 0.489 e. The molecule has 1 atom stereocenters. The van der Waals surface area contributed by atoms with Crippen LogP contribution in [0.3, 0.4) is 0 Å². The number of aromatic nitrogens is 2. The monoisotopic (exact) mass is 361 g/mol. The zero-order valence-electron chi connectivity index (χ0n) is 16.1. The van der Waals surface area contributed by atoms with E-state index >= 15 is 0 Å². The highest BCUT2D eigenvalue weighted by molar-refractivity contribution is 5.79. The molecule has 26 heavy (non-hydrogen) atoms. The summed E-state index contributed by atoms with van der Waals surface area (Å²) in [4.78, 5) is 4.65. The Hall–Kier alpha value is -2.57. The first kappa shape index (κ1) is 19.8. The van der Waals surface area contributed by atoms with Gasteiger partial charge in [-0.15, -0.1) is 0 Å². The Morgan fingerprint density at radius 3 is 2.54 bits per heavy atom. The molecule has 0 radical (unpaired) electrons. The van der Waals surface area contributed by atoms with Crippen LogP contribution in [0.5, 0.6) is 5.75 Å². The van der Waals surface area contributed by atoms with Crippen LogP contribution in [0.25, 0.3) is 0 Å². The summed E-state index contributed by atoms with van der Waals surface area (Å²) in [5.74, 6) is 1.10. The van der Waals surface area contributed by atoms with Gasteiger partial charge in [-0.3, -0.25) is 4.68 Å². The van der Waals surface area contributed by atoms with E-state index in [1.54, 1.807) is 12.1 Å². The summed E-state index contributed by atoms with van der Waals surface area (Å²) < 4.78 is 20.6. The predicted molar refractivity (Wildman–Crippen MR) is 102 cm³/mol. The lowest BCUT2D eigenvalue weighted by atomic mass is 10.2. The lowest BCUT2D eigenvalue weighted by Crippen LogP contribution is -2.41. The molecule has 0 fully saturated rings. The molecule has 0 aliphatic carbocycles. The average Bonchev–Trinajstić information content (AvgIpc) is 2.85. The second kappa shape index (κ2) is 9.22. The Bertz CT molecular complexity index is 739. The summed E-state index contributed by atoms with van der Waals surface area (Å²) in [7, 11) is 1.94. The van der Waals surface area contributed by atoms with Gasteiger partial charge in [0.2, 0.25) is 0 Å². The topological polar surface area (TPSA) is 63.5 Å². The van der Waals surface area contributed by atoms with Gasteiger partial charge in [-0.05, 0) is 52.0 Å². The van der Waals surface area contributed by atoms with Crippen molar-refractivity contribution in [3.63, 3.8) is 0 Å². The maximum Gasteiger partial charge on any atom is 0.191 e. The molecule has 7 heteroatoms. The molecule has 2 aromatic rings. The standard InChI is InChI=1S/C19H28FN5O/c1-6-21-19(23-12-18-14(3)24-25(5)15(18)4)22-11-13(2)26-17-9-7-16(20)8-10-17/h7-10,13H,6,11-12H2,1-5H3,(H2,21,22,23). The molecular weight excluding hydrogens is 333 g/mol. The van der Waals surface area contributed by atoms with E-state index in [0.717, 1.165) is 29.5 Å². The van der Waals surface area contributed by atoms with Crippen LogP contribution in [-0.4, -0.2) is 34.9 Å². The summed E-state index contributed by atoms with van der Waals surface area (Å²) in [6.07, 6.45) is -0.0915. The fourth-order valence-corrected chi connectivity index (χ4v) is 2.57. The first-order valence-corrected chi connectivity index (χ1v) is 8.84. The average molecular weight is 361 g/mol. The highest BCUT2D eigenvalue weighted by Gasteiger charge is 2.10. The van der Waals surface area contributed by atoms with E-state index in [1.165, 1.54) is 12.1 Å². The van der Waals surface area contributed by atoms with E-state index in [-0.39, 0.29) is 11.9 Å². The SMILES string of the molecule is CCNC(=NCc1c(C)nn(C)c1C)NCC(C)Oc1ccc(F)cc1. The molecule has 0 amide bonds. The lowest BCUT2D eigenvalue weighted by Gasteiger charge is -2.17. The summed E-state index contributed by atoms with van der Waals surface area (Å²) in [6, 6.07) is 6.03. The Balaban J connectivity index is 1.93. The highest BCUT2D eigenvalue weighted by Crippen LogP contribution is 2.13. The molecule has 1 aromatic heterocycles. The molecule has 2 rings (SSSR count). The lowest BCUT2D eigenvalue weighted by molar-refractivity contribution is 0.223. The van der Waals surface area contributed by atoms with Crippen molar-refractivity contribution in [3.05, 3.63) is 47.0 Å². The molecule has 1 aromatic carbocycles. The number of benzene rings is 1. The van der Waals surface area contributed by atoms with Crippen molar-refractivity contribution in [2.24, 2.45) is 12.0 Å². The number of rotatable bonds is 7. The molecular formula is C19H28FN5O. The molecule has 0 saturated heterocycles. The minimum atomic E-state index is -0.273. The van der Waals surface area contributed by atoms with Crippen molar-refractivity contribution >= 4 is 5.96 Å². The van der Waals surface area contributed by atoms with Crippen LogP contribution in [0.2, 0.25) is 0 Å². The van der Waals surface area contributed by atoms with Gasteiger partial charge in [0, 0.05) is 24.8 Å². The van der Waals surface area contributed by atoms with E-state index in [1.807, 2.05) is 39.4 Å². The van der Waals surface area contributed by atoms with Gasteiger partial charge in [0.05, 0.1) is 18.8 Å². The Morgan fingerprint density at radius 2 is 1.96 bits per heavy atom. The summed E-state index contributed by atoms with van der Waals surface area (Å²) in [6.45, 7) is 9.93. The number of ether oxygens (including phenoxy) is 1. The minimum absolute atomic E-state index is 0.0915. The van der Waals surface area contributed by atoms with Crippen LogP contribution in [0, 0.1) is 19.7 Å². The molecule has 2 N–H and O–H groups in total. The molecule has 1 heterocycles. The van der Waals surface area contributed by atoms with Crippen molar-refractivity contribution in [1.82, 2.24) is 20.4 Å². The van der Waals surface area contributed by atoms with Crippen molar-refractivity contribution in [1.29, 1.82) is 0 Å². The minimum Gasteiger partial charge on any atom is -0.489 e. The van der Waals surface area contributed by atoms with E-state index in [0.29, 0.717) is 18.8 Å². The smallest absolute Gasteiger partial charge is 0.191 e. The number of nitrogens with one attached hydrogen (secondary N) is 2. The van der Waals surface area contributed by atoms with E-state index in [2.05, 4.69) is 20.7 Å². The van der Waals surface area contributed by atoms with E-state index in [9.17, 15) is 4.39 Å². The predicted octanol–water partition coefficient (Wildman–Crippen LogP) is 2.70. The normalized spacial score (nSPS) is 12.8. The van der Waals surface area contributed by atoms with Gasteiger partial charge in [-0.2, -0.15) is 5.10 Å². The zero-order chi connectivity index (χ0) is 19.1. The first-order valence-electron chi connectivity index (χ1n) is 8.84. The molecule has 142 valence electrons. The van der Waals surface area contributed by atoms with E-state index in [4.69, 9.17) is 4.74 Å². The van der Waals surface area contributed by atoms with Gasteiger partial charge >= 0.3 is 0 Å². The number of hydrogen-bond acceptors (Lipinski definition) is 3. The second-order valence-electron chi connectivity index (χ2n) is 6.23. The number of guanidine groups is 1. The van der Waals surface area contributed by atoms with Gasteiger partial charge in [-0.1, -0.05) is 0 Å². The van der Waals surface area contributed by atoms with Crippen LogP contribution in [-0.2, 0) is 13.6 Å². The third kappa shape index (κ3) is 5.47. The number of halogens is 1. The van der Waals surface area contributed by atoms with Crippen molar-refractivity contribution < 1.29 is 9.13 Å². The van der Waals surface area contributed by atoms with Gasteiger partial charge < -0.3 is 15.4 Å². The Morgan fingerprint density at radius 1 is 1.27 bits per heavy atom. The van der Waals surface area contributed by atoms with Crippen LogP contribution in [0.4, 0.5) is 4.39 Å². The fourth-order valence-electron chi connectivity index (χ4n) is 2.57. The Kier molecular flexibility index (Phi) is 7.00. The van der Waals surface area contributed by atoms with Gasteiger partial charge in [0.25, 0.3) is 0 Å². The van der Waals surface area contributed by atoms with Gasteiger partial charge in [0.15, 0.2) is 5.96 Å². The number of aryl methyl sites for hydroxylation is 2. The number of nitrogens with zero attached hydrogens (tertiary/aromatic N) is 3. The third-order valence-corrected chi connectivity index (χ3v) is 4.11. The van der Waals surface area contributed by atoms with Crippen molar-refractivity contribution in [2.45, 2.75) is 40.3 Å². The second-order valence-corrected chi connectivity index (χ2v) is 6.23. The zero-order valence-corrected chi connectivity index (χ0v) is 16.1. The van der Waals surface area contributed by atoms with Crippen LogP contribution >= 0.6 is 0 Å². The molecule has 1 unspecified atom stereocenters. The first-order chi connectivity index (χ1) is 12.4. The number of hydrogen-bond donors (Lipinski definition) is 2. The van der Waals surface area contributed by atoms with E-state index < -0.39 is 0 Å². The summed E-state index contributed by atoms with van der Waals surface area (Å²) >= 11 is 0. The van der Waals surface area contributed by atoms with Gasteiger partial charge in [-0.25, -0.2) is 9.38 Å². The maximum atomic E-state index is 12.9. The molecule has 0 saturated carbocycles. The summed E-state index contributed by atoms with van der Waals surface area (Å²) in [5, 5.41) is 10.9. The Labute approximate surface area is 154 Å². The van der Waals surface area contributed by atoms with Crippen LogP contribution in [0.1, 0.15) is 30.8 Å². The molecule has 0 spiro atoms. The maximum absolute atomic E-state index is 12.9. The number of aliphatic imine (C=N–C) groups is 1. The molecule has 0 bridgehead atoms. The highest BCUT2D eigenvalue weighted by atomic mass is 19.1. The molecule has 6 nitrogen and oxygen atoms in total. The summed E-state index contributed by atoms with van der Waals surface area (Å²) in [5.41, 5.74) is 3.26. The van der Waals surface area contributed by atoms with Crippen molar-refractivity contribution in [2.75, 3.05) is 13.1 Å². The van der Waals surface area contributed by atoms with Crippen molar-refractivity contribution in [3.8, 4) is 5.75 Å². The molecule has 0 aliphatic rings. The fraction of sp³-hybridized carbons (Fsp3) is 0.474. The van der Waals surface area contributed by atoms with Crippen LogP contribution in [0.15, 0.2) is 29.3 Å². The van der Waals surface area contributed by atoms with Gasteiger partial charge in [0.1, 0.15) is 17.7 Å².